The van der Waals surface area contributed by atoms with Crippen molar-refractivity contribution in [1.29, 1.82) is 0 Å². The van der Waals surface area contributed by atoms with Crippen LogP contribution in [0.4, 0.5) is 13.2 Å². The van der Waals surface area contributed by atoms with E-state index in [0.717, 1.165) is 65.8 Å². The van der Waals surface area contributed by atoms with Gasteiger partial charge in [0.15, 0.2) is 5.69 Å². The van der Waals surface area contributed by atoms with Crippen molar-refractivity contribution in [2.75, 3.05) is 0 Å². The number of benzene rings is 3. The zero-order valence-corrected chi connectivity index (χ0v) is 22.4. The van der Waals surface area contributed by atoms with E-state index >= 15 is 0 Å². The number of rotatable bonds is 8. The number of hydrogen-bond donors (Lipinski definition) is 1. The van der Waals surface area contributed by atoms with Crippen molar-refractivity contribution in [2.45, 2.75) is 51.3 Å². The van der Waals surface area contributed by atoms with E-state index in [0.29, 0.717) is 34.7 Å². The quantitative estimate of drug-likeness (QED) is 0.233. The second-order valence-electron chi connectivity index (χ2n) is 9.89. The SMILES string of the molecule is O=C(O)c1nc2c(cc1CCc1ccccc1OCc1ccc(-c3ccc(C(F)(F)F)cc3)cc1Cl)CCCC2. The van der Waals surface area contributed by atoms with Crippen LogP contribution in [0.5, 0.6) is 5.75 Å². The monoisotopic (exact) mass is 565 g/mol. The van der Waals surface area contributed by atoms with E-state index in [1.54, 1.807) is 18.2 Å². The third kappa shape index (κ3) is 6.31. The normalized spacial score (nSPS) is 13.1. The van der Waals surface area contributed by atoms with Gasteiger partial charge in [-0.25, -0.2) is 9.78 Å². The van der Waals surface area contributed by atoms with Crippen LogP contribution in [0.15, 0.2) is 72.8 Å². The molecule has 0 saturated carbocycles. The van der Waals surface area contributed by atoms with E-state index < -0.39 is 17.7 Å². The molecule has 4 aromatic rings. The summed E-state index contributed by atoms with van der Waals surface area (Å²) < 4.78 is 44.7. The number of para-hydroxylation sites is 1. The van der Waals surface area contributed by atoms with Crippen LogP contribution < -0.4 is 4.74 Å². The topological polar surface area (TPSA) is 59.4 Å². The van der Waals surface area contributed by atoms with Gasteiger partial charge in [0.1, 0.15) is 12.4 Å². The fraction of sp³-hybridized carbons (Fsp3) is 0.250. The van der Waals surface area contributed by atoms with E-state index in [1.165, 1.54) is 12.1 Å². The summed E-state index contributed by atoms with van der Waals surface area (Å²) in [5.74, 6) is -0.338. The second kappa shape index (κ2) is 11.7. The lowest BCUT2D eigenvalue weighted by molar-refractivity contribution is -0.137. The van der Waals surface area contributed by atoms with E-state index in [-0.39, 0.29) is 12.3 Å². The van der Waals surface area contributed by atoms with E-state index in [9.17, 15) is 23.1 Å². The number of ether oxygens (including phenoxy) is 1. The molecule has 5 rings (SSSR count). The van der Waals surface area contributed by atoms with Crippen LogP contribution in [0.2, 0.25) is 5.02 Å². The van der Waals surface area contributed by atoms with Gasteiger partial charge in [0.25, 0.3) is 0 Å². The van der Waals surface area contributed by atoms with Crippen molar-refractivity contribution in [3.8, 4) is 16.9 Å². The maximum Gasteiger partial charge on any atom is 0.416 e. The molecule has 1 aliphatic rings. The fourth-order valence-electron chi connectivity index (χ4n) is 5.03. The van der Waals surface area contributed by atoms with Gasteiger partial charge >= 0.3 is 12.1 Å². The molecule has 0 saturated heterocycles. The molecule has 4 nitrogen and oxygen atoms in total. The molecule has 0 atom stereocenters. The second-order valence-corrected chi connectivity index (χ2v) is 10.3. The average Bonchev–Trinajstić information content (AvgIpc) is 2.95. The highest BCUT2D eigenvalue weighted by atomic mass is 35.5. The summed E-state index contributed by atoms with van der Waals surface area (Å²) in [4.78, 5) is 16.4. The van der Waals surface area contributed by atoms with Crippen LogP contribution in [-0.2, 0) is 38.5 Å². The summed E-state index contributed by atoms with van der Waals surface area (Å²) in [5, 5.41) is 10.2. The lowest BCUT2D eigenvalue weighted by Crippen LogP contribution is -2.14. The van der Waals surface area contributed by atoms with Crippen molar-refractivity contribution in [2.24, 2.45) is 0 Å². The highest BCUT2D eigenvalue weighted by Crippen LogP contribution is 2.33. The number of hydrogen-bond acceptors (Lipinski definition) is 3. The third-order valence-electron chi connectivity index (χ3n) is 7.20. The molecule has 40 heavy (non-hydrogen) atoms. The van der Waals surface area contributed by atoms with Gasteiger partial charge in [-0.15, -0.1) is 0 Å². The van der Waals surface area contributed by atoms with Gasteiger partial charge in [0.2, 0.25) is 0 Å². The zero-order valence-electron chi connectivity index (χ0n) is 21.6. The van der Waals surface area contributed by atoms with Crippen LogP contribution in [-0.4, -0.2) is 16.1 Å². The number of carboxylic acid groups (broad SMARTS) is 1. The lowest BCUT2D eigenvalue weighted by atomic mass is 9.92. The number of pyridine rings is 1. The minimum absolute atomic E-state index is 0.124. The lowest BCUT2D eigenvalue weighted by Gasteiger charge is -2.18. The molecule has 3 aromatic carbocycles. The van der Waals surface area contributed by atoms with Gasteiger partial charge in [-0.2, -0.15) is 13.2 Å². The molecule has 1 N–H and O–H groups in total. The van der Waals surface area contributed by atoms with Crippen LogP contribution in [0.3, 0.4) is 0 Å². The summed E-state index contributed by atoms with van der Waals surface area (Å²) in [6.45, 7) is 0.198. The van der Waals surface area contributed by atoms with Crippen LogP contribution in [0.1, 0.15) is 56.8 Å². The van der Waals surface area contributed by atoms with Crippen LogP contribution in [0, 0.1) is 0 Å². The summed E-state index contributed by atoms with van der Waals surface area (Å²) in [6, 6.07) is 19.9. The Balaban J connectivity index is 1.28. The number of aryl methyl sites for hydroxylation is 4. The largest absolute Gasteiger partial charge is 0.489 e. The molecule has 0 amide bonds. The number of carbonyl (C=O) groups is 1. The molecule has 0 spiro atoms. The Hall–Kier alpha value is -3.84. The molecule has 1 aliphatic carbocycles. The Morgan fingerprint density at radius 2 is 1.57 bits per heavy atom. The molecular weight excluding hydrogens is 539 g/mol. The Bertz CT molecular complexity index is 1530. The van der Waals surface area contributed by atoms with Crippen LogP contribution in [0.25, 0.3) is 11.1 Å². The van der Waals surface area contributed by atoms with Gasteiger partial charge in [-0.3, -0.25) is 0 Å². The molecule has 1 aromatic heterocycles. The number of halogens is 4. The molecule has 1 heterocycles. The predicted octanol–water partition coefficient (Wildman–Crippen LogP) is 8.36. The highest BCUT2D eigenvalue weighted by molar-refractivity contribution is 6.31. The number of aromatic carboxylic acids is 1. The number of fused-ring (bicyclic) bond motifs is 1. The minimum atomic E-state index is -4.39. The molecule has 206 valence electrons. The molecule has 0 radical (unpaired) electrons. The third-order valence-corrected chi connectivity index (χ3v) is 7.55. The molecule has 8 heteroatoms. The van der Waals surface area contributed by atoms with Crippen molar-refractivity contribution in [3.63, 3.8) is 0 Å². The average molecular weight is 566 g/mol. The molecule has 0 aliphatic heterocycles. The van der Waals surface area contributed by atoms with E-state index in [4.69, 9.17) is 16.3 Å². The first kappa shape index (κ1) is 27.7. The Kier molecular flexibility index (Phi) is 8.12. The van der Waals surface area contributed by atoms with Crippen molar-refractivity contribution in [1.82, 2.24) is 4.98 Å². The van der Waals surface area contributed by atoms with Crippen molar-refractivity contribution < 1.29 is 27.8 Å². The first-order valence-electron chi connectivity index (χ1n) is 13.1. The smallest absolute Gasteiger partial charge is 0.416 e. The predicted molar refractivity (Wildman–Crippen MR) is 148 cm³/mol. The first-order valence-corrected chi connectivity index (χ1v) is 13.5. The van der Waals surface area contributed by atoms with Crippen LogP contribution >= 0.6 is 11.6 Å². The van der Waals surface area contributed by atoms with Crippen molar-refractivity contribution >= 4 is 17.6 Å². The minimum Gasteiger partial charge on any atom is -0.489 e. The molecule has 0 bridgehead atoms. The van der Waals surface area contributed by atoms with Gasteiger partial charge < -0.3 is 9.84 Å². The Morgan fingerprint density at radius 1 is 0.875 bits per heavy atom. The first-order chi connectivity index (χ1) is 19.2. The molecule has 0 unspecified atom stereocenters. The van der Waals surface area contributed by atoms with Gasteiger partial charge in [0, 0.05) is 16.3 Å². The Morgan fingerprint density at radius 3 is 2.30 bits per heavy atom. The fourth-order valence-corrected chi connectivity index (χ4v) is 5.26. The molecular formula is C32H27ClF3NO3. The number of alkyl halides is 3. The standard InChI is InChI=1S/C32H27ClF3NO3/c33-27-18-22(20-13-15-26(16-14-20)32(34,35)36)10-12-25(27)19-40-29-8-4-2-5-21(29)9-11-24-17-23-6-1-3-7-28(23)37-30(24)31(38)39/h2,4-5,8,10,12-18H,1,3,6-7,9,11,19H2,(H,38,39). The summed E-state index contributed by atoms with van der Waals surface area (Å²) >= 11 is 6.51. The van der Waals surface area contributed by atoms with Gasteiger partial charge in [-0.05, 0) is 90.6 Å². The molecule has 0 fully saturated rings. The summed E-state index contributed by atoms with van der Waals surface area (Å²) in [7, 11) is 0. The maximum atomic E-state index is 12.9. The van der Waals surface area contributed by atoms with Gasteiger partial charge in [-0.1, -0.05) is 60.1 Å². The highest BCUT2D eigenvalue weighted by Gasteiger charge is 2.30. The Labute approximate surface area is 235 Å². The number of carboxylic acids is 1. The number of nitrogens with zero attached hydrogens (tertiary/aromatic N) is 1. The number of aromatic nitrogens is 1. The summed E-state index contributed by atoms with van der Waals surface area (Å²) in [6.07, 6.45) is 0.579. The van der Waals surface area contributed by atoms with Crippen molar-refractivity contribution in [3.05, 3.63) is 117 Å². The maximum absolute atomic E-state index is 12.9. The van der Waals surface area contributed by atoms with E-state index in [2.05, 4.69) is 4.98 Å². The van der Waals surface area contributed by atoms with E-state index in [1.807, 2.05) is 30.3 Å². The summed E-state index contributed by atoms with van der Waals surface area (Å²) in [5.41, 5.74) is 5.20. The zero-order chi connectivity index (χ0) is 28.3. The van der Waals surface area contributed by atoms with Gasteiger partial charge in [0.05, 0.1) is 5.56 Å².